The lowest BCUT2D eigenvalue weighted by atomic mass is 9.92. The van der Waals surface area contributed by atoms with Crippen LogP contribution in [0.1, 0.15) is 44.8 Å². The molecule has 21 heavy (non-hydrogen) atoms. The number of aromatic nitrogens is 3. The molecule has 0 amide bonds. The molecule has 6 heteroatoms. The van der Waals surface area contributed by atoms with Crippen molar-refractivity contribution in [3.8, 4) is 11.5 Å². The van der Waals surface area contributed by atoms with Crippen LogP contribution in [0.3, 0.4) is 0 Å². The van der Waals surface area contributed by atoms with Crippen LogP contribution in [0.2, 0.25) is 0 Å². The Balaban J connectivity index is 2.55. The van der Waals surface area contributed by atoms with Gasteiger partial charge in [0.25, 0.3) is 0 Å². The van der Waals surface area contributed by atoms with E-state index in [0.29, 0.717) is 5.82 Å². The number of nitrogens with one attached hydrogen (secondary N) is 1. The van der Waals surface area contributed by atoms with E-state index in [2.05, 4.69) is 58.9 Å². The van der Waals surface area contributed by atoms with Crippen molar-refractivity contribution in [3.05, 3.63) is 20.6 Å². The summed E-state index contributed by atoms with van der Waals surface area (Å²) in [4.78, 5) is 13.9. The average Bonchev–Trinajstić information content (AvgIpc) is 2.83. The smallest absolute Gasteiger partial charge is 0.181 e. The van der Waals surface area contributed by atoms with Crippen LogP contribution >= 0.6 is 27.3 Å². The highest BCUT2D eigenvalue weighted by atomic mass is 79.9. The van der Waals surface area contributed by atoms with Gasteiger partial charge in [-0.15, -0.1) is 11.3 Å². The number of aryl methyl sites for hydroxylation is 1. The van der Waals surface area contributed by atoms with Gasteiger partial charge in [0.2, 0.25) is 0 Å². The number of hydrogen-bond donors (Lipinski definition) is 1. The summed E-state index contributed by atoms with van der Waals surface area (Å²) in [7, 11) is 0. The Hall–Kier alpha value is -1.01. The maximum Gasteiger partial charge on any atom is 0.181 e. The fourth-order valence-corrected chi connectivity index (χ4v) is 3.39. The molecule has 0 aliphatic heterocycles. The second kappa shape index (κ2) is 6.40. The van der Waals surface area contributed by atoms with Crippen molar-refractivity contribution in [2.24, 2.45) is 0 Å². The van der Waals surface area contributed by atoms with Crippen LogP contribution in [0.4, 0.5) is 5.82 Å². The van der Waals surface area contributed by atoms with Gasteiger partial charge in [0.15, 0.2) is 5.82 Å². The van der Waals surface area contributed by atoms with E-state index in [-0.39, 0.29) is 5.41 Å². The van der Waals surface area contributed by atoms with Gasteiger partial charge in [-0.3, -0.25) is 0 Å². The van der Waals surface area contributed by atoms with E-state index in [1.807, 2.05) is 12.3 Å². The van der Waals surface area contributed by atoms with Crippen LogP contribution in [0, 0.1) is 6.92 Å². The van der Waals surface area contributed by atoms with Gasteiger partial charge >= 0.3 is 0 Å². The summed E-state index contributed by atoms with van der Waals surface area (Å²) in [5.41, 5.74) is 1.77. The van der Waals surface area contributed by atoms with Crippen molar-refractivity contribution in [3.63, 3.8) is 0 Å². The fourth-order valence-electron chi connectivity index (χ4n) is 1.89. The number of halogens is 1. The number of nitrogens with zero attached hydrogens (tertiary/aromatic N) is 3. The zero-order valence-electron chi connectivity index (χ0n) is 13.1. The van der Waals surface area contributed by atoms with Crippen LogP contribution in [0.5, 0.6) is 0 Å². The first kappa shape index (κ1) is 16.4. The molecule has 0 aliphatic carbocycles. The van der Waals surface area contributed by atoms with Gasteiger partial charge in [-0.1, -0.05) is 27.7 Å². The molecule has 2 aromatic heterocycles. The van der Waals surface area contributed by atoms with Gasteiger partial charge in [0.1, 0.15) is 11.5 Å². The van der Waals surface area contributed by atoms with E-state index in [0.717, 1.165) is 39.7 Å². The first-order chi connectivity index (χ1) is 9.82. The number of anilines is 1. The van der Waals surface area contributed by atoms with Crippen molar-refractivity contribution >= 4 is 33.1 Å². The average molecular weight is 369 g/mol. The van der Waals surface area contributed by atoms with Gasteiger partial charge in [0, 0.05) is 17.3 Å². The van der Waals surface area contributed by atoms with Crippen molar-refractivity contribution in [1.29, 1.82) is 0 Å². The molecule has 0 aromatic carbocycles. The Morgan fingerprint density at radius 1 is 1.24 bits per heavy atom. The van der Waals surface area contributed by atoms with Crippen molar-refractivity contribution in [2.45, 2.75) is 46.5 Å². The van der Waals surface area contributed by atoms with Crippen LogP contribution in [-0.4, -0.2) is 21.5 Å². The molecule has 0 spiro atoms. The summed E-state index contributed by atoms with van der Waals surface area (Å²) in [5, 5.41) is 6.40. The predicted molar refractivity (Wildman–Crippen MR) is 93.1 cm³/mol. The largest absolute Gasteiger partial charge is 0.369 e. The molecule has 114 valence electrons. The van der Waals surface area contributed by atoms with E-state index in [9.17, 15) is 0 Å². The van der Waals surface area contributed by atoms with Gasteiger partial charge < -0.3 is 5.32 Å². The van der Waals surface area contributed by atoms with E-state index >= 15 is 0 Å². The Kier molecular flexibility index (Phi) is 4.99. The molecule has 0 bridgehead atoms. The summed E-state index contributed by atoms with van der Waals surface area (Å²) in [6, 6.07) is 0. The number of thiazole rings is 1. The third kappa shape index (κ3) is 3.80. The van der Waals surface area contributed by atoms with Gasteiger partial charge in [-0.25, -0.2) is 15.0 Å². The highest BCUT2D eigenvalue weighted by molar-refractivity contribution is 9.10. The minimum Gasteiger partial charge on any atom is -0.369 e. The van der Waals surface area contributed by atoms with E-state index in [1.165, 1.54) is 0 Å². The van der Waals surface area contributed by atoms with E-state index in [1.54, 1.807) is 11.3 Å². The van der Waals surface area contributed by atoms with E-state index in [4.69, 9.17) is 4.98 Å². The van der Waals surface area contributed by atoms with Gasteiger partial charge in [-0.05, 0) is 29.3 Å². The topological polar surface area (TPSA) is 50.7 Å². The lowest BCUT2D eigenvalue weighted by Crippen LogP contribution is -2.17. The standard InChI is InChI=1S/C15H21BrN4S/c1-6-7-17-14-11(16)12(15(3,4)5)19-13(20-14)10-8-21-9(2)18-10/h8H,6-7H2,1-5H3,(H,17,19,20). The molecule has 4 nitrogen and oxygen atoms in total. The molecular weight excluding hydrogens is 348 g/mol. The minimum atomic E-state index is -0.0652. The van der Waals surface area contributed by atoms with Crippen LogP contribution in [-0.2, 0) is 5.41 Å². The maximum atomic E-state index is 4.74. The molecule has 1 N–H and O–H groups in total. The molecule has 2 heterocycles. The number of rotatable bonds is 4. The number of hydrogen-bond acceptors (Lipinski definition) is 5. The Morgan fingerprint density at radius 3 is 2.48 bits per heavy atom. The summed E-state index contributed by atoms with van der Waals surface area (Å²) in [5.74, 6) is 1.53. The van der Waals surface area contributed by atoms with E-state index < -0.39 is 0 Å². The Labute approximate surface area is 138 Å². The molecule has 2 rings (SSSR count). The molecule has 0 saturated carbocycles. The summed E-state index contributed by atoms with van der Waals surface area (Å²) in [6.45, 7) is 11.5. The first-order valence-electron chi connectivity index (χ1n) is 7.07. The quantitative estimate of drug-likeness (QED) is 0.842. The molecule has 0 fully saturated rings. The normalized spacial score (nSPS) is 11.7. The maximum absolute atomic E-state index is 4.74. The predicted octanol–water partition coefficient (Wildman–Crippen LogP) is 4.79. The highest BCUT2D eigenvalue weighted by Gasteiger charge is 2.24. The summed E-state index contributed by atoms with van der Waals surface area (Å²) >= 11 is 5.27. The van der Waals surface area contributed by atoms with Crippen LogP contribution < -0.4 is 5.32 Å². The Bertz CT molecular complexity index is 631. The monoisotopic (exact) mass is 368 g/mol. The van der Waals surface area contributed by atoms with Crippen molar-refractivity contribution in [1.82, 2.24) is 15.0 Å². The van der Waals surface area contributed by atoms with Gasteiger partial charge in [-0.2, -0.15) is 0 Å². The molecule has 0 saturated heterocycles. The first-order valence-corrected chi connectivity index (χ1v) is 8.74. The second-order valence-corrected chi connectivity index (χ2v) is 7.84. The van der Waals surface area contributed by atoms with Crippen molar-refractivity contribution in [2.75, 3.05) is 11.9 Å². The summed E-state index contributed by atoms with van der Waals surface area (Å²) < 4.78 is 0.944. The molecule has 2 aromatic rings. The van der Waals surface area contributed by atoms with Crippen LogP contribution in [0.25, 0.3) is 11.5 Å². The molecule has 0 atom stereocenters. The minimum absolute atomic E-state index is 0.0652. The molecule has 0 radical (unpaired) electrons. The molecule has 0 unspecified atom stereocenters. The second-order valence-electron chi connectivity index (χ2n) is 5.99. The molecular formula is C15H21BrN4S. The summed E-state index contributed by atoms with van der Waals surface area (Å²) in [6.07, 6.45) is 1.05. The third-order valence-electron chi connectivity index (χ3n) is 2.95. The fraction of sp³-hybridized carbons (Fsp3) is 0.533. The van der Waals surface area contributed by atoms with Crippen LogP contribution in [0.15, 0.2) is 9.85 Å². The highest BCUT2D eigenvalue weighted by Crippen LogP contribution is 2.34. The third-order valence-corrected chi connectivity index (χ3v) is 4.48. The Morgan fingerprint density at radius 2 is 1.95 bits per heavy atom. The van der Waals surface area contributed by atoms with Crippen molar-refractivity contribution < 1.29 is 0 Å². The SMILES string of the molecule is CCCNc1nc(-c2csc(C)n2)nc(C(C)(C)C)c1Br. The van der Waals surface area contributed by atoms with Gasteiger partial charge in [0.05, 0.1) is 15.2 Å². The molecule has 0 aliphatic rings. The zero-order valence-corrected chi connectivity index (χ0v) is 15.5. The lowest BCUT2D eigenvalue weighted by Gasteiger charge is -2.21. The lowest BCUT2D eigenvalue weighted by molar-refractivity contribution is 0.564. The zero-order chi connectivity index (χ0) is 15.6.